The monoisotopic (exact) mass is 486 g/mol. The van der Waals surface area contributed by atoms with E-state index >= 15 is 0 Å². The molecule has 3 aromatic rings. The molecule has 0 aliphatic carbocycles. The molecule has 0 aliphatic rings. The highest BCUT2D eigenvalue weighted by atomic mass is 35.5. The second-order valence-electron chi connectivity index (χ2n) is 9.98. The van der Waals surface area contributed by atoms with Gasteiger partial charge >= 0.3 is 0 Å². The normalized spacial score (nSPS) is 11.4. The number of ketones is 1. The van der Waals surface area contributed by atoms with E-state index in [0.29, 0.717) is 16.7 Å². The molecule has 0 fully saturated rings. The molecule has 6 heteroatoms. The van der Waals surface area contributed by atoms with E-state index < -0.39 is 16.9 Å². The minimum Gasteiger partial charge on any atom is -0.507 e. The molecule has 0 aromatic heterocycles. The van der Waals surface area contributed by atoms with Crippen LogP contribution < -0.4 is 0 Å². The minimum atomic E-state index is -0.766. The Morgan fingerprint density at radius 2 is 1.12 bits per heavy atom. The smallest absolute Gasteiger partial charge is 0.255 e. The maximum Gasteiger partial charge on any atom is 0.255 e. The highest BCUT2D eigenvalue weighted by Gasteiger charge is 2.28. The van der Waals surface area contributed by atoms with E-state index in [9.17, 15) is 23.5 Å². The van der Waals surface area contributed by atoms with Crippen LogP contribution in [-0.4, -0.2) is 16.1 Å². The standard InChI is InChI=1S/C21H25FO2.C7H4ClFO/c1-20(2,3)15-11-13(12-16(19(15)24)21(4,5)6)18(23)14-9-7-8-10-17(14)22;8-7(10)5-3-1-2-4-6(5)9/h7-12,24H,1-6H3;1-4H. The van der Waals surface area contributed by atoms with E-state index in [2.05, 4.69) is 0 Å². The van der Waals surface area contributed by atoms with Crippen molar-refractivity contribution in [3.8, 4) is 5.75 Å². The third-order valence-electron chi connectivity index (χ3n) is 5.19. The average molecular weight is 487 g/mol. The van der Waals surface area contributed by atoms with E-state index in [0.717, 1.165) is 0 Å². The van der Waals surface area contributed by atoms with Crippen LogP contribution in [0, 0.1) is 11.6 Å². The maximum absolute atomic E-state index is 14.0. The van der Waals surface area contributed by atoms with Crippen LogP contribution in [0.1, 0.15) is 78.9 Å². The summed E-state index contributed by atoms with van der Waals surface area (Å²) in [5.74, 6) is -1.28. The van der Waals surface area contributed by atoms with Crippen LogP contribution in [0.2, 0.25) is 0 Å². The zero-order valence-corrected chi connectivity index (χ0v) is 20.9. The summed E-state index contributed by atoms with van der Waals surface area (Å²) < 4.78 is 26.5. The van der Waals surface area contributed by atoms with Crippen LogP contribution in [0.4, 0.5) is 8.78 Å². The van der Waals surface area contributed by atoms with Gasteiger partial charge in [-0.15, -0.1) is 0 Å². The zero-order chi connectivity index (χ0) is 25.8. The molecular formula is C28H29ClF2O3. The second kappa shape index (κ2) is 10.5. The number of hydrogen-bond acceptors (Lipinski definition) is 3. The quantitative estimate of drug-likeness (QED) is 0.307. The van der Waals surface area contributed by atoms with E-state index in [1.807, 2.05) is 41.5 Å². The van der Waals surface area contributed by atoms with Crippen LogP contribution in [0.25, 0.3) is 0 Å². The molecule has 3 aromatic carbocycles. The first kappa shape index (κ1) is 27.2. The Morgan fingerprint density at radius 1 is 0.735 bits per heavy atom. The highest BCUT2D eigenvalue weighted by molar-refractivity contribution is 6.67. The van der Waals surface area contributed by atoms with Gasteiger partial charge in [0.1, 0.15) is 17.4 Å². The van der Waals surface area contributed by atoms with Gasteiger partial charge in [-0.1, -0.05) is 65.8 Å². The summed E-state index contributed by atoms with van der Waals surface area (Å²) in [5.41, 5.74) is 1.06. The molecule has 3 rings (SSSR count). The number of halogens is 3. The molecule has 0 atom stereocenters. The first-order valence-corrected chi connectivity index (χ1v) is 11.1. The molecule has 180 valence electrons. The van der Waals surface area contributed by atoms with Crippen LogP contribution in [-0.2, 0) is 10.8 Å². The molecule has 0 bridgehead atoms. The zero-order valence-electron chi connectivity index (χ0n) is 20.2. The molecule has 3 nitrogen and oxygen atoms in total. The lowest BCUT2D eigenvalue weighted by atomic mass is 9.77. The topological polar surface area (TPSA) is 54.4 Å². The van der Waals surface area contributed by atoms with Crippen LogP contribution in [0.5, 0.6) is 5.75 Å². The van der Waals surface area contributed by atoms with Crippen molar-refractivity contribution in [1.82, 2.24) is 0 Å². The first-order chi connectivity index (χ1) is 15.6. The fourth-order valence-corrected chi connectivity index (χ4v) is 3.48. The molecule has 0 saturated heterocycles. The van der Waals surface area contributed by atoms with Gasteiger partial charge in [0.2, 0.25) is 0 Å². The number of benzene rings is 3. The fourth-order valence-electron chi connectivity index (χ4n) is 3.33. The number of aromatic hydroxyl groups is 1. The Balaban J connectivity index is 0.000000340. The Bertz CT molecular complexity index is 1170. The Hall–Kier alpha value is -3.05. The number of phenolic OH excluding ortho intramolecular Hbond substituents is 1. The molecule has 0 aliphatic heterocycles. The predicted octanol–water partition coefficient (Wildman–Crippen LogP) is 7.56. The van der Waals surface area contributed by atoms with Gasteiger partial charge in [-0.05, 0) is 58.8 Å². The van der Waals surface area contributed by atoms with E-state index in [-0.39, 0.29) is 33.5 Å². The average Bonchev–Trinajstić information content (AvgIpc) is 2.72. The first-order valence-electron chi connectivity index (χ1n) is 10.8. The summed E-state index contributed by atoms with van der Waals surface area (Å²) in [7, 11) is 0. The maximum atomic E-state index is 14.0. The molecule has 1 N–H and O–H groups in total. The molecule has 0 amide bonds. The summed E-state index contributed by atoms with van der Waals surface area (Å²) in [6.07, 6.45) is 0. The van der Waals surface area contributed by atoms with Crippen molar-refractivity contribution in [3.05, 3.63) is 100 Å². The van der Waals surface area contributed by atoms with E-state index in [4.69, 9.17) is 11.6 Å². The van der Waals surface area contributed by atoms with Crippen molar-refractivity contribution in [2.75, 3.05) is 0 Å². The minimum absolute atomic E-state index is 0.0444. The van der Waals surface area contributed by atoms with Gasteiger partial charge in [-0.3, -0.25) is 9.59 Å². The van der Waals surface area contributed by atoms with Crippen LogP contribution in [0.15, 0.2) is 60.7 Å². The van der Waals surface area contributed by atoms with Crippen LogP contribution >= 0.6 is 11.6 Å². The molecule has 0 radical (unpaired) electrons. The van der Waals surface area contributed by atoms with Gasteiger partial charge in [0.25, 0.3) is 5.24 Å². The molecule has 0 spiro atoms. The number of rotatable bonds is 3. The van der Waals surface area contributed by atoms with Crippen molar-refractivity contribution in [2.45, 2.75) is 52.4 Å². The van der Waals surface area contributed by atoms with Gasteiger partial charge < -0.3 is 5.11 Å². The van der Waals surface area contributed by atoms with Gasteiger partial charge in [0, 0.05) is 16.7 Å². The predicted molar refractivity (Wildman–Crippen MR) is 132 cm³/mol. The molecule has 0 saturated carbocycles. The van der Waals surface area contributed by atoms with E-state index in [1.165, 1.54) is 30.3 Å². The summed E-state index contributed by atoms with van der Waals surface area (Å²) in [6, 6.07) is 14.9. The SMILES string of the molecule is CC(C)(C)c1cc(C(=O)c2ccccc2F)cc(C(C)(C)C)c1O.O=C(Cl)c1ccccc1F. The third-order valence-corrected chi connectivity index (χ3v) is 5.40. The summed E-state index contributed by atoms with van der Waals surface area (Å²) in [6.45, 7) is 11.9. The molecule has 34 heavy (non-hydrogen) atoms. The Kier molecular flexibility index (Phi) is 8.38. The van der Waals surface area contributed by atoms with Gasteiger partial charge in [0.05, 0.1) is 11.1 Å². The lowest BCUT2D eigenvalue weighted by Gasteiger charge is -2.28. The van der Waals surface area contributed by atoms with Crippen molar-refractivity contribution in [2.24, 2.45) is 0 Å². The van der Waals surface area contributed by atoms with Crippen LogP contribution in [0.3, 0.4) is 0 Å². The number of carbonyl (C=O) groups excluding carboxylic acids is 2. The number of hydrogen-bond donors (Lipinski definition) is 1. The lowest BCUT2D eigenvalue weighted by Crippen LogP contribution is -2.19. The molecule has 0 unspecified atom stereocenters. The highest BCUT2D eigenvalue weighted by Crippen LogP contribution is 2.40. The van der Waals surface area contributed by atoms with Crippen molar-refractivity contribution in [3.63, 3.8) is 0 Å². The molecule has 0 heterocycles. The molecular weight excluding hydrogens is 458 g/mol. The van der Waals surface area contributed by atoms with E-state index in [1.54, 1.807) is 30.3 Å². The largest absolute Gasteiger partial charge is 0.507 e. The van der Waals surface area contributed by atoms with Crippen molar-refractivity contribution in [1.29, 1.82) is 0 Å². The van der Waals surface area contributed by atoms with Crippen molar-refractivity contribution < 1.29 is 23.5 Å². The summed E-state index contributed by atoms with van der Waals surface area (Å²) in [4.78, 5) is 23.2. The summed E-state index contributed by atoms with van der Waals surface area (Å²) >= 11 is 5.03. The van der Waals surface area contributed by atoms with Gasteiger partial charge in [-0.25, -0.2) is 8.78 Å². The Labute approximate surface area is 204 Å². The summed E-state index contributed by atoms with van der Waals surface area (Å²) in [5, 5.41) is 9.94. The van der Waals surface area contributed by atoms with Gasteiger partial charge in [-0.2, -0.15) is 0 Å². The fraction of sp³-hybridized carbons (Fsp3) is 0.286. The number of carbonyl (C=O) groups is 2. The van der Waals surface area contributed by atoms with Crippen molar-refractivity contribution >= 4 is 22.6 Å². The van der Waals surface area contributed by atoms with Gasteiger partial charge in [0.15, 0.2) is 5.78 Å². The second-order valence-corrected chi connectivity index (χ2v) is 10.3. The number of phenols is 1. The Morgan fingerprint density at radius 3 is 1.44 bits per heavy atom. The third kappa shape index (κ3) is 6.51. The lowest BCUT2D eigenvalue weighted by molar-refractivity contribution is 0.103.